The summed E-state index contributed by atoms with van der Waals surface area (Å²) in [5.41, 5.74) is 2.06. The SMILES string of the molecule is CN(C)CCCOc1cccc(CN2CCC3(CCCC3)C2)c1. The predicted molar refractivity (Wildman–Crippen MR) is 95.9 cm³/mol. The molecule has 2 fully saturated rings. The highest BCUT2D eigenvalue weighted by Gasteiger charge is 2.39. The number of nitrogens with zero attached hydrogens (tertiary/aromatic N) is 2. The Hall–Kier alpha value is -1.06. The van der Waals surface area contributed by atoms with E-state index in [4.69, 9.17) is 4.74 Å². The number of ether oxygens (including phenoxy) is 1. The van der Waals surface area contributed by atoms with Crippen LogP contribution in [0.3, 0.4) is 0 Å². The van der Waals surface area contributed by atoms with Crippen LogP contribution in [0, 0.1) is 5.41 Å². The van der Waals surface area contributed by atoms with E-state index in [1.807, 2.05) is 0 Å². The lowest BCUT2D eigenvalue weighted by atomic mass is 9.86. The zero-order valence-corrected chi connectivity index (χ0v) is 14.9. The van der Waals surface area contributed by atoms with Crippen LogP contribution in [0.15, 0.2) is 24.3 Å². The van der Waals surface area contributed by atoms with E-state index in [-0.39, 0.29) is 0 Å². The highest BCUT2D eigenvalue weighted by molar-refractivity contribution is 5.28. The third-order valence-corrected chi connectivity index (χ3v) is 5.50. The first kappa shape index (κ1) is 16.8. The highest BCUT2D eigenvalue weighted by Crippen LogP contribution is 2.45. The van der Waals surface area contributed by atoms with E-state index in [9.17, 15) is 0 Å². The molecule has 0 atom stereocenters. The van der Waals surface area contributed by atoms with Gasteiger partial charge in [-0.3, -0.25) is 4.90 Å². The molecule has 2 aliphatic rings. The Morgan fingerprint density at radius 2 is 2.00 bits per heavy atom. The van der Waals surface area contributed by atoms with Gasteiger partial charge in [0, 0.05) is 19.6 Å². The molecule has 1 aliphatic heterocycles. The topological polar surface area (TPSA) is 15.7 Å². The average Bonchev–Trinajstić information content (AvgIpc) is 3.14. The second kappa shape index (κ2) is 7.67. The van der Waals surface area contributed by atoms with Crippen LogP contribution < -0.4 is 4.74 Å². The van der Waals surface area contributed by atoms with E-state index in [0.717, 1.165) is 31.9 Å². The zero-order valence-electron chi connectivity index (χ0n) is 14.9. The van der Waals surface area contributed by atoms with Crippen molar-refractivity contribution in [3.63, 3.8) is 0 Å². The highest BCUT2D eigenvalue weighted by atomic mass is 16.5. The van der Waals surface area contributed by atoms with Crippen molar-refractivity contribution in [1.82, 2.24) is 9.80 Å². The molecule has 3 heteroatoms. The molecule has 1 heterocycles. The van der Waals surface area contributed by atoms with Crippen molar-refractivity contribution in [1.29, 1.82) is 0 Å². The van der Waals surface area contributed by atoms with Gasteiger partial charge in [-0.25, -0.2) is 0 Å². The smallest absolute Gasteiger partial charge is 0.119 e. The van der Waals surface area contributed by atoms with Gasteiger partial charge in [0.25, 0.3) is 0 Å². The molecule has 1 aliphatic carbocycles. The molecule has 1 saturated heterocycles. The van der Waals surface area contributed by atoms with E-state index in [2.05, 4.69) is 48.2 Å². The van der Waals surface area contributed by atoms with Crippen molar-refractivity contribution >= 4 is 0 Å². The quantitative estimate of drug-likeness (QED) is 0.712. The lowest BCUT2D eigenvalue weighted by Crippen LogP contribution is -2.24. The standard InChI is InChI=1S/C20H32N2O/c1-21(2)12-6-14-23-19-8-5-7-18(15-19)16-22-13-11-20(17-22)9-3-4-10-20/h5,7-8,15H,3-4,6,9-14,16-17H2,1-2H3. The fourth-order valence-electron chi connectivity index (χ4n) is 4.26. The molecule has 0 radical (unpaired) electrons. The molecule has 3 nitrogen and oxygen atoms in total. The van der Waals surface area contributed by atoms with Crippen molar-refractivity contribution in [3.8, 4) is 5.75 Å². The summed E-state index contributed by atoms with van der Waals surface area (Å²) in [5.74, 6) is 1.02. The maximum Gasteiger partial charge on any atom is 0.119 e. The van der Waals surface area contributed by atoms with Crippen LogP contribution in [0.1, 0.15) is 44.1 Å². The Balaban J connectivity index is 1.48. The number of hydrogen-bond donors (Lipinski definition) is 0. The molecule has 0 unspecified atom stereocenters. The van der Waals surface area contributed by atoms with Gasteiger partial charge in [0.2, 0.25) is 0 Å². The van der Waals surface area contributed by atoms with Crippen LogP contribution in [0.5, 0.6) is 5.75 Å². The fraction of sp³-hybridized carbons (Fsp3) is 0.700. The van der Waals surface area contributed by atoms with Crippen molar-refractivity contribution < 1.29 is 4.74 Å². The molecule has 23 heavy (non-hydrogen) atoms. The number of benzene rings is 1. The number of likely N-dealkylation sites (tertiary alicyclic amines) is 1. The third kappa shape index (κ3) is 4.71. The van der Waals surface area contributed by atoms with E-state index >= 15 is 0 Å². The molecule has 0 bridgehead atoms. The van der Waals surface area contributed by atoms with Crippen LogP contribution in [0.2, 0.25) is 0 Å². The first-order valence-corrected chi connectivity index (χ1v) is 9.24. The maximum absolute atomic E-state index is 5.91. The molecule has 128 valence electrons. The number of hydrogen-bond acceptors (Lipinski definition) is 3. The summed E-state index contributed by atoms with van der Waals surface area (Å²) in [5, 5.41) is 0. The molecule has 0 amide bonds. The minimum absolute atomic E-state index is 0.667. The van der Waals surface area contributed by atoms with Crippen LogP contribution in [0.4, 0.5) is 0 Å². The molecule has 0 aromatic heterocycles. The first-order valence-electron chi connectivity index (χ1n) is 9.24. The van der Waals surface area contributed by atoms with Crippen molar-refractivity contribution in [2.45, 2.75) is 45.1 Å². The van der Waals surface area contributed by atoms with Gasteiger partial charge in [0.05, 0.1) is 6.61 Å². The Kier molecular flexibility index (Phi) is 5.60. The van der Waals surface area contributed by atoms with Crippen LogP contribution in [-0.2, 0) is 6.54 Å². The molecule has 1 aromatic carbocycles. The van der Waals surface area contributed by atoms with Gasteiger partial charge in [-0.05, 0) is 69.4 Å². The van der Waals surface area contributed by atoms with Crippen LogP contribution in [0.25, 0.3) is 0 Å². The molecular formula is C20H32N2O. The van der Waals surface area contributed by atoms with Crippen molar-refractivity contribution in [2.75, 3.05) is 40.3 Å². The molecule has 0 N–H and O–H groups in total. The van der Waals surface area contributed by atoms with Gasteiger partial charge in [-0.15, -0.1) is 0 Å². The monoisotopic (exact) mass is 316 g/mol. The molecule has 1 aromatic rings. The third-order valence-electron chi connectivity index (χ3n) is 5.50. The minimum atomic E-state index is 0.667. The van der Waals surface area contributed by atoms with Gasteiger partial charge in [0.15, 0.2) is 0 Å². The van der Waals surface area contributed by atoms with Crippen molar-refractivity contribution in [3.05, 3.63) is 29.8 Å². The summed E-state index contributed by atoms with van der Waals surface area (Å²) in [6.07, 6.45) is 8.30. The van der Waals surface area contributed by atoms with Gasteiger partial charge in [0.1, 0.15) is 5.75 Å². The van der Waals surface area contributed by atoms with E-state index in [0.29, 0.717) is 5.41 Å². The lowest BCUT2D eigenvalue weighted by Gasteiger charge is -2.23. The van der Waals surface area contributed by atoms with Crippen LogP contribution >= 0.6 is 0 Å². The summed E-state index contributed by atoms with van der Waals surface area (Å²) in [6.45, 7) is 5.54. The van der Waals surface area contributed by atoms with E-state index in [1.54, 1.807) is 0 Å². The summed E-state index contributed by atoms with van der Waals surface area (Å²) in [4.78, 5) is 4.85. The maximum atomic E-state index is 5.91. The van der Waals surface area contributed by atoms with Gasteiger partial charge in [-0.1, -0.05) is 25.0 Å². The second-order valence-corrected chi connectivity index (χ2v) is 7.82. The second-order valence-electron chi connectivity index (χ2n) is 7.82. The van der Waals surface area contributed by atoms with Gasteiger partial charge >= 0.3 is 0 Å². The largest absolute Gasteiger partial charge is 0.494 e. The van der Waals surface area contributed by atoms with Gasteiger partial charge < -0.3 is 9.64 Å². The van der Waals surface area contributed by atoms with Crippen molar-refractivity contribution in [2.24, 2.45) is 5.41 Å². The first-order chi connectivity index (χ1) is 11.2. The number of rotatable bonds is 7. The van der Waals surface area contributed by atoms with Crippen LogP contribution in [-0.4, -0.2) is 50.1 Å². The molecule has 1 spiro atoms. The molecular weight excluding hydrogens is 284 g/mol. The predicted octanol–water partition coefficient (Wildman–Crippen LogP) is 3.78. The average molecular weight is 316 g/mol. The molecule has 3 rings (SSSR count). The Morgan fingerprint density at radius 3 is 2.78 bits per heavy atom. The molecule has 1 saturated carbocycles. The Bertz CT molecular complexity index is 494. The summed E-state index contributed by atoms with van der Waals surface area (Å²) in [7, 11) is 4.21. The van der Waals surface area contributed by atoms with E-state index < -0.39 is 0 Å². The summed E-state index contributed by atoms with van der Waals surface area (Å²) < 4.78 is 5.91. The zero-order chi connectivity index (χ0) is 16.1. The van der Waals surface area contributed by atoms with Gasteiger partial charge in [-0.2, -0.15) is 0 Å². The lowest BCUT2D eigenvalue weighted by molar-refractivity contribution is 0.255. The minimum Gasteiger partial charge on any atom is -0.494 e. The summed E-state index contributed by atoms with van der Waals surface area (Å²) in [6, 6.07) is 8.70. The Labute approximate surface area is 141 Å². The van der Waals surface area contributed by atoms with E-state index in [1.165, 1.54) is 50.8 Å². The fourth-order valence-corrected chi connectivity index (χ4v) is 4.26. The summed E-state index contributed by atoms with van der Waals surface area (Å²) >= 11 is 0. The normalized spacial score (nSPS) is 20.7. The Morgan fingerprint density at radius 1 is 1.17 bits per heavy atom.